The number of likely N-dealkylation sites (tertiary alicyclic amines) is 2. The first kappa shape index (κ1) is 46.0. The fourth-order valence-electron chi connectivity index (χ4n) is 9.41. The molecule has 1 saturated carbocycles. The number of alkyl carbamates (subject to hydrolysis) is 1. The van der Waals surface area contributed by atoms with E-state index in [0.717, 1.165) is 31.9 Å². The van der Waals surface area contributed by atoms with Crippen molar-refractivity contribution in [2.45, 2.75) is 97.8 Å². The van der Waals surface area contributed by atoms with Gasteiger partial charge in [-0.15, -0.1) is 13.2 Å². The molecule has 0 spiro atoms. The van der Waals surface area contributed by atoms with Crippen molar-refractivity contribution >= 4 is 41.2 Å². The topological polar surface area (TPSA) is 152 Å². The lowest BCUT2D eigenvalue weighted by Crippen LogP contribution is -2.59. The SMILES string of the molecule is COC(=O)NC(C(=O)N1CC(C)CC1c1ncc(-c2ccc(-c3cc(Cl)c(NC(=O)N4CCC(N5CCN(C(=O)C6CC6(C)C)CC5C)CC4)cc3OC(F)(F)F)cc2)[nH]1)C(C)C. The number of aromatic nitrogens is 2. The number of carbonyl (C=O) groups is 4. The van der Waals surface area contributed by atoms with Crippen molar-refractivity contribution < 1.29 is 41.8 Å². The van der Waals surface area contributed by atoms with Gasteiger partial charge in [-0.3, -0.25) is 14.5 Å². The second-order valence-electron chi connectivity index (χ2n) is 18.6. The molecule has 5 atom stereocenters. The quantitative estimate of drug-likeness (QED) is 0.185. The Bertz CT molecular complexity index is 2180. The lowest BCUT2D eigenvalue weighted by molar-refractivity contribution is -0.274. The number of hydrogen-bond acceptors (Lipinski definition) is 8. The third-order valence-corrected chi connectivity index (χ3v) is 13.5. The first-order valence-corrected chi connectivity index (χ1v) is 22.1. The number of carbonyl (C=O) groups excluding carboxylic acids is 4. The number of amides is 5. The number of piperidine rings is 1. The predicted octanol–water partition coefficient (Wildman–Crippen LogP) is 8.16. The van der Waals surface area contributed by atoms with Crippen molar-refractivity contribution in [3.8, 4) is 28.1 Å². The summed E-state index contributed by atoms with van der Waals surface area (Å²) in [5.41, 5.74) is 1.84. The largest absolute Gasteiger partial charge is 0.573 e. The van der Waals surface area contributed by atoms with E-state index in [1.165, 1.54) is 13.2 Å². The van der Waals surface area contributed by atoms with Crippen LogP contribution >= 0.6 is 11.6 Å². The molecule has 3 aliphatic heterocycles. The van der Waals surface area contributed by atoms with Gasteiger partial charge < -0.3 is 39.8 Å². The molecule has 5 amide bonds. The maximum Gasteiger partial charge on any atom is 0.573 e. The number of methoxy groups -OCH3 is 1. The standard InChI is InChI=1S/C45H58ClF3N8O6/c1-25(2)38(53-43(61)62-7)41(59)57-23-26(3)18-36(57)39-50-22-35(51-39)29-10-8-28(9-11-29)31-19-33(46)34(20-37(31)63-45(47,48)49)52-42(60)54-14-12-30(13-15-54)56-17-16-55(24-27(56)4)40(58)32-21-44(32,5)6/h8-11,19-20,22,25-27,30,32,36,38H,12-18,21,23-24H2,1-7H3,(H,50,51)(H,52,60)(H,53,61). The molecule has 4 aliphatic rings. The van der Waals surface area contributed by atoms with Gasteiger partial charge in [0.1, 0.15) is 17.6 Å². The van der Waals surface area contributed by atoms with Crippen LogP contribution in [0.2, 0.25) is 5.02 Å². The number of H-pyrrole nitrogens is 1. The molecule has 3 saturated heterocycles. The van der Waals surface area contributed by atoms with Crippen molar-refractivity contribution in [2.24, 2.45) is 23.2 Å². The van der Waals surface area contributed by atoms with Gasteiger partial charge in [0.2, 0.25) is 11.8 Å². The number of nitrogens with zero attached hydrogens (tertiary/aromatic N) is 5. The number of hydrogen-bond donors (Lipinski definition) is 3. The highest BCUT2D eigenvalue weighted by atomic mass is 35.5. The summed E-state index contributed by atoms with van der Waals surface area (Å²) in [4.78, 5) is 67.9. The van der Waals surface area contributed by atoms with Gasteiger partial charge in [0.05, 0.1) is 35.8 Å². The van der Waals surface area contributed by atoms with Gasteiger partial charge in [0.15, 0.2) is 0 Å². The van der Waals surface area contributed by atoms with Crippen LogP contribution in [0.4, 0.5) is 28.4 Å². The summed E-state index contributed by atoms with van der Waals surface area (Å²) in [6, 6.07) is 7.95. The Kier molecular flexibility index (Phi) is 13.3. The molecule has 1 aromatic heterocycles. The monoisotopic (exact) mass is 898 g/mol. The number of urea groups is 1. The second-order valence-corrected chi connectivity index (χ2v) is 19.0. The van der Waals surface area contributed by atoms with Gasteiger partial charge in [-0.1, -0.05) is 70.5 Å². The summed E-state index contributed by atoms with van der Waals surface area (Å²) in [6.45, 7) is 15.7. The highest BCUT2D eigenvalue weighted by Crippen LogP contribution is 2.52. The zero-order valence-electron chi connectivity index (χ0n) is 36.9. The number of benzene rings is 2. The Morgan fingerprint density at radius 2 is 1.63 bits per heavy atom. The van der Waals surface area contributed by atoms with Crippen LogP contribution in [0.25, 0.3) is 22.4 Å². The number of halogens is 4. The van der Waals surface area contributed by atoms with Crippen LogP contribution in [-0.4, -0.2) is 124 Å². The molecular formula is C45H58ClF3N8O6. The molecular weight excluding hydrogens is 841 g/mol. The number of ether oxygens (including phenoxy) is 2. The number of piperazine rings is 1. The minimum Gasteiger partial charge on any atom is -0.453 e. The molecule has 0 radical (unpaired) electrons. The van der Waals surface area contributed by atoms with E-state index in [9.17, 15) is 32.3 Å². The lowest BCUT2D eigenvalue weighted by Gasteiger charge is -2.46. The molecule has 4 fully saturated rings. The molecule has 4 heterocycles. The van der Waals surface area contributed by atoms with E-state index in [-0.39, 0.29) is 69.4 Å². The average molecular weight is 899 g/mol. The van der Waals surface area contributed by atoms with E-state index >= 15 is 0 Å². The van der Waals surface area contributed by atoms with Crippen LogP contribution in [0.3, 0.4) is 0 Å². The van der Waals surface area contributed by atoms with Crippen molar-refractivity contribution in [3.05, 3.63) is 53.4 Å². The minimum absolute atomic E-state index is 0.0174. The van der Waals surface area contributed by atoms with Crippen LogP contribution in [-0.2, 0) is 14.3 Å². The number of anilines is 1. The normalized spacial score (nSPS) is 23.4. The van der Waals surface area contributed by atoms with Crippen LogP contribution in [0.5, 0.6) is 5.75 Å². The van der Waals surface area contributed by atoms with Crippen LogP contribution in [0, 0.1) is 23.2 Å². The smallest absolute Gasteiger partial charge is 0.453 e. The third kappa shape index (κ3) is 10.3. The summed E-state index contributed by atoms with van der Waals surface area (Å²) in [5.74, 6) is 0.138. The first-order valence-electron chi connectivity index (χ1n) is 21.7. The number of rotatable bonds is 10. The molecule has 1 aliphatic carbocycles. The number of alkyl halides is 3. The Hall–Kier alpha value is -5.03. The first-order chi connectivity index (χ1) is 29.7. The van der Waals surface area contributed by atoms with Crippen LogP contribution in [0.15, 0.2) is 42.6 Å². The van der Waals surface area contributed by atoms with Gasteiger partial charge >= 0.3 is 18.5 Å². The van der Waals surface area contributed by atoms with E-state index in [1.54, 1.807) is 40.3 Å². The molecule has 3 N–H and O–H groups in total. The molecule has 2 aromatic carbocycles. The van der Waals surface area contributed by atoms with Gasteiger partial charge in [0, 0.05) is 68.9 Å². The Labute approximate surface area is 371 Å². The highest BCUT2D eigenvalue weighted by Gasteiger charge is 2.52. The van der Waals surface area contributed by atoms with Crippen molar-refractivity contribution in [2.75, 3.05) is 51.7 Å². The summed E-state index contributed by atoms with van der Waals surface area (Å²) in [6.07, 6.45) is -1.05. The van der Waals surface area contributed by atoms with Crippen molar-refractivity contribution in [1.82, 2.24) is 34.9 Å². The van der Waals surface area contributed by atoms with E-state index in [1.807, 2.05) is 25.7 Å². The van der Waals surface area contributed by atoms with Crippen molar-refractivity contribution in [3.63, 3.8) is 0 Å². The van der Waals surface area contributed by atoms with Gasteiger partial charge in [-0.2, -0.15) is 0 Å². The zero-order valence-corrected chi connectivity index (χ0v) is 37.6. The van der Waals surface area contributed by atoms with E-state index in [0.29, 0.717) is 61.8 Å². The molecule has 342 valence electrons. The maximum absolute atomic E-state index is 13.8. The van der Waals surface area contributed by atoms with Gasteiger partial charge in [-0.05, 0) is 67.1 Å². The summed E-state index contributed by atoms with van der Waals surface area (Å²) < 4.78 is 50.7. The van der Waals surface area contributed by atoms with Crippen LogP contribution < -0.4 is 15.4 Å². The average Bonchev–Trinajstić information content (AvgIpc) is 3.52. The molecule has 7 rings (SSSR count). The number of imidazole rings is 1. The zero-order chi connectivity index (χ0) is 45.5. The summed E-state index contributed by atoms with van der Waals surface area (Å²) in [5, 5.41) is 5.40. The second kappa shape index (κ2) is 18.2. The Morgan fingerprint density at radius 1 is 0.968 bits per heavy atom. The molecule has 5 unspecified atom stereocenters. The highest BCUT2D eigenvalue weighted by molar-refractivity contribution is 6.34. The molecule has 3 aromatic rings. The number of nitrogens with one attached hydrogen (secondary N) is 3. The fourth-order valence-corrected chi connectivity index (χ4v) is 9.62. The Morgan fingerprint density at radius 3 is 2.24 bits per heavy atom. The third-order valence-electron chi connectivity index (χ3n) is 13.2. The van der Waals surface area contributed by atoms with Crippen molar-refractivity contribution in [1.29, 1.82) is 0 Å². The fraction of sp³-hybridized carbons (Fsp3) is 0.578. The molecule has 63 heavy (non-hydrogen) atoms. The molecule has 18 heteroatoms. The summed E-state index contributed by atoms with van der Waals surface area (Å²) >= 11 is 6.65. The van der Waals surface area contributed by atoms with E-state index in [2.05, 4.69) is 51.0 Å². The number of aromatic amines is 1. The van der Waals surface area contributed by atoms with E-state index in [4.69, 9.17) is 16.3 Å². The predicted molar refractivity (Wildman–Crippen MR) is 232 cm³/mol. The van der Waals surface area contributed by atoms with Gasteiger partial charge in [0.25, 0.3) is 0 Å². The molecule has 0 bridgehead atoms. The van der Waals surface area contributed by atoms with Gasteiger partial charge in [-0.25, -0.2) is 14.6 Å². The molecule has 14 nitrogen and oxygen atoms in total. The Balaban J connectivity index is 0.999. The maximum atomic E-state index is 13.8. The summed E-state index contributed by atoms with van der Waals surface area (Å²) in [7, 11) is 1.24. The van der Waals surface area contributed by atoms with Crippen LogP contribution in [0.1, 0.15) is 79.1 Å². The minimum atomic E-state index is -5.03. The lowest BCUT2D eigenvalue weighted by atomic mass is 9.99. The van der Waals surface area contributed by atoms with E-state index < -0.39 is 30.3 Å².